The number of aryl methyl sites for hydroxylation is 2. The van der Waals surface area contributed by atoms with Crippen molar-refractivity contribution in [3.05, 3.63) is 70.3 Å². The van der Waals surface area contributed by atoms with Crippen molar-refractivity contribution in [3.63, 3.8) is 0 Å². The van der Waals surface area contributed by atoms with Crippen molar-refractivity contribution in [2.45, 2.75) is 51.8 Å². The van der Waals surface area contributed by atoms with Crippen LogP contribution in [0, 0.1) is 13.8 Å². The summed E-state index contributed by atoms with van der Waals surface area (Å²) in [6.07, 6.45) is 2.95. The van der Waals surface area contributed by atoms with Gasteiger partial charge in [-0.2, -0.15) is 0 Å². The molecule has 1 fully saturated rings. The van der Waals surface area contributed by atoms with Gasteiger partial charge in [-0.3, -0.25) is 4.79 Å². The number of carbonyl (C=O) groups is 1. The lowest BCUT2D eigenvalue weighted by molar-refractivity contribution is 0.0940. The second-order valence-corrected chi connectivity index (χ2v) is 9.94. The Morgan fingerprint density at radius 2 is 1.69 bits per heavy atom. The number of hydrogen-bond donors (Lipinski definition) is 1. The third-order valence-corrected chi connectivity index (χ3v) is 7.36. The van der Waals surface area contributed by atoms with Gasteiger partial charge in [-0.05, 0) is 62.4 Å². The average Bonchev–Trinajstić information content (AvgIpc) is 2.68. The van der Waals surface area contributed by atoms with Crippen molar-refractivity contribution in [1.82, 2.24) is 9.62 Å². The van der Waals surface area contributed by atoms with E-state index in [1.165, 1.54) is 5.56 Å². The molecule has 156 valence electrons. The first-order valence-corrected chi connectivity index (χ1v) is 11.8. The van der Waals surface area contributed by atoms with E-state index in [1.807, 2.05) is 32.9 Å². The minimum absolute atomic E-state index is 0.0200. The lowest BCUT2D eigenvalue weighted by Crippen LogP contribution is -2.36. The summed E-state index contributed by atoms with van der Waals surface area (Å²) in [5, 5.41) is 3.03. The second kappa shape index (κ2) is 9.09. The number of sulfonamides is 1. The Kier molecular flexibility index (Phi) is 6.75. The van der Waals surface area contributed by atoms with Gasteiger partial charge in [-0.25, -0.2) is 12.7 Å². The molecule has 1 aliphatic rings. The molecule has 2 aromatic rings. The van der Waals surface area contributed by atoms with Crippen molar-refractivity contribution in [1.29, 1.82) is 0 Å². The average molecular weight is 415 g/mol. The van der Waals surface area contributed by atoms with Crippen molar-refractivity contribution >= 4 is 15.9 Å². The number of nitrogens with zero attached hydrogens (tertiary/aromatic N) is 1. The molecule has 0 aliphatic carbocycles. The molecule has 1 amide bonds. The fraction of sp³-hybridized carbons (Fsp3) is 0.435. The minimum Gasteiger partial charge on any atom is -0.346 e. The van der Waals surface area contributed by atoms with Gasteiger partial charge in [0.2, 0.25) is 10.0 Å². The van der Waals surface area contributed by atoms with Crippen LogP contribution in [0.2, 0.25) is 0 Å². The molecule has 3 rings (SSSR count). The first-order chi connectivity index (χ1) is 13.8. The zero-order valence-corrected chi connectivity index (χ0v) is 18.3. The molecular weight excluding hydrogens is 384 g/mol. The first kappa shape index (κ1) is 21.5. The summed E-state index contributed by atoms with van der Waals surface area (Å²) in [5.74, 6) is -0.184. The van der Waals surface area contributed by atoms with Crippen molar-refractivity contribution in [2.24, 2.45) is 0 Å². The van der Waals surface area contributed by atoms with E-state index in [9.17, 15) is 13.2 Å². The van der Waals surface area contributed by atoms with Crippen LogP contribution < -0.4 is 5.32 Å². The highest BCUT2D eigenvalue weighted by molar-refractivity contribution is 7.88. The van der Waals surface area contributed by atoms with E-state index >= 15 is 0 Å². The zero-order valence-electron chi connectivity index (χ0n) is 17.4. The van der Waals surface area contributed by atoms with E-state index in [1.54, 1.807) is 28.6 Å². The minimum atomic E-state index is -3.30. The molecule has 0 aromatic heterocycles. The quantitative estimate of drug-likeness (QED) is 0.773. The van der Waals surface area contributed by atoms with Crippen LogP contribution >= 0.6 is 0 Å². The van der Waals surface area contributed by atoms with E-state index in [2.05, 4.69) is 11.4 Å². The maximum absolute atomic E-state index is 12.6. The Morgan fingerprint density at radius 3 is 2.31 bits per heavy atom. The molecule has 1 atom stereocenters. The van der Waals surface area contributed by atoms with Gasteiger partial charge in [0.15, 0.2) is 0 Å². The SMILES string of the molecule is Cc1ccc(C(C)NC(=O)c2ccc(CS(=O)(=O)N3CCCCC3)cc2)c(C)c1. The number of piperidine rings is 1. The highest BCUT2D eigenvalue weighted by atomic mass is 32.2. The molecule has 1 saturated heterocycles. The summed E-state index contributed by atoms with van der Waals surface area (Å²) < 4.78 is 26.7. The lowest BCUT2D eigenvalue weighted by Gasteiger charge is -2.25. The van der Waals surface area contributed by atoms with E-state index in [0.29, 0.717) is 24.2 Å². The summed E-state index contributed by atoms with van der Waals surface area (Å²) in [5.41, 5.74) is 4.67. The fourth-order valence-electron chi connectivity index (χ4n) is 3.87. The van der Waals surface area contributed by atoms with Gasteiger partial charge in [0.1, 0.15) is 0 Å². The van der Waals surface area contributed by atoms with Gasteiger partial charge in [0.05, 0.1) is 11.8 Å². The summed E-state index contributed by atoms with van der Waals surface area (Å²) in [4.78, 5) is 12.6. The Labute approximate surface area is 174 Å². The van der Waals surface area contributed by atoms with Crippen LogP contribution in [-0.4, -0.2) is 31.7 Å². The standard InChI is InChI=1S/C23H30N2O3S/c1-17-7-12-22(18(2)15-17)19(3)24-23(26)21-10-8-20(9-11-21)16-29(27,28)25-13-5-4-6-14-25/h7-12,15,19H,4-6,13-14,16H2,1-3H3,(H,24,26). The monoisotopic (exact) mass is 414 g/mol. The third-order valence-electron chi connectivity index (χ3n) is 5.51. The van der Waals surface area contributed by atoms with Crippen LogP contribution in [0.1, 0.15) is 64.8 Å². The topological polar surface area (TPSA) is 66.5 Å². The number of benzene rings is 2. The predicted octanol–water partition coefficient (Wildman–Crippen LogP) is 4.11. The van der Waals surface area contributed by atoms with Gasteiger partial charge >= 0.3 is 0 Å². The molecule has 0 bridgehead atoms. The molecule has 1 aliphatic heterocycles. The molecular formula is C23H30N2O3S. The number of hydrogen-bond acceptors (Lipinski definition) is 3. The molecule has 6 heteroatoms. The Hall–Kier alpha value is -2.18. The van der Waals surface area contributed by atoms with Crippen LogP contribution in [0.15, 0.2) is 42.5 Å². The van der Waals surface area contributed by atoms with E-state index in [-0.39, 0.29) is 17.7 Å². The van der Waals surface area contributed by atoms with Crippen LogP contribution in [0.5, 0.6) is 0 Å². The molecule has 1 N–H and O–H groups in total. The van der Waals surface area contributed by atoms with E-state index < -0.39 is 10.0 Å². The van der Waals surface area contributed by atoms with Crippen LogP contribution in [-0.2, 0) is 15.8 Å². The van der Waals surface area contributed by atoms with Crippen LogP contribution in [0.25, 0.3) is 0 Å². The fourth-order valence-corrected chi connectivity index (χ4v) is 5.48. The van der Waals surface area contributed by atoms with Crippen molar-refractivity contribution in [3.8, 4) is 0 Å². The van der Waals surface area contributed by atoms with Crippen molar-refractivity contribution in [2.75, 3.05) is 13.1 Å². The molecule has 5 nitrogen and oxygen atoms in total. The Morgan fingerprint density at radius 1 is 1.03 bits per heavy atom. The zero-order chi connectivity index (χ0) is 21.0. The molecule has 0 saturated carbocycles. The molecule has 0 spiro atoms. The maximum atomic E-state index is 12.6. The lowest BCUT2D eigenvalue weighted by atomic mass is 10.00. The van der Waals surface area contributed by atoms with E-state index in [0.717, 1.165) is 30.4 Å². The third kappa shape index (κ3) is 5.46. The summed E-state index contributed by atoms with van der Waals surface area (Å²) in [6.45, 7) is 7.28. The summed E-state index contributed by atoms with van der Waals surface area (Å²) in [7, 11) is -3.30. The van der Waals surface area contributed by atoms with Crippen molar-refractivity contribution < 1.29 is 13.2 Å². The Balaban J connectivity index is 1.64. The molecule has 2 aromatic carbocycles. The molecule has 29 heavy (non-hydrogen) atoms. The number of nitrogens with one attached hydrogen (secondary N) is 1. The van der Waals surface area contributed by atoms with Gasteiger partial charge in [-0.15, -0.1) is 0 Å². The smallest absolute Gasteiger partial charge is 0.251 e. The largest absolute Gasteiger partial charge is 0.346 e. The highest BCUT2D eigenvalue weighted by Crippen LogP contribution is 2.20. The molecule has 1 heterocycles. The second-order valence-electron chi connectivity index (χ2n) is 7.97. The Bertz CT molecular complexity index is 962. The van der Waals surface area contributed by atoms with Crippen LogP contribution in [0.3, 0.4) is 0 Å². The highest BCUT2D eigenvalue weighted by Gasteiger charge is 2.24. The number of carbonyl (C=O) groups excluding carboxylic acids is 1. The first-order valence-electron chi connectivity index (χ1n) is 10.2. The molecule has 1 unspecified atom stereocenters. The maximum Gasteiger partial charge on any atom is 0.251 e. The van der Waals surface area contributed by atoms with Gasteiger partial charge < -0.3 is 5.32 Å². The summed E-state index contributed by atoms with van der Waals surface area (Å²) >= 11 is 0. The van der Waals surface area contributed by atoms with E-state index in [4.69, 9.17) is 0 Å². The number of rotatable bonds is 6. The van der Waals surface area contributed by atoms with Gasteiger partial charge in [-0.1, -0.05) is 42.3 Å². The van der Waals surface area contributed by atoms with Gasteiger partial charge in [0, 0.05) is 18.7 Å². The van der Waals surface area contributed by atoms with Gasteiger partial charge in [0.25, 0.3) is 5.91 Å². The molecule has 0 radical (unpaired) electrons. The number of amides is 1. The summed E-state index contributed by atoms with van der Waals surface area (Å²) in [6, 6.07) is 13.0. The van der Waals surface area contributed by atoms with Crippen LogP contribution in [0.4, 0.5) is 0 Å². The predicted molar refractivity (Wildman–Crippen MR) is 116 cm³/mol. The normalized spacial score (nSPS) is 16.4.